The number of hydrogen-bond donors (Lipinski definition) is 2. The van der Waals surface area contributed by atoms with Crippen LogP contribution in [0.1, 0.15) is 29.1 Å². The molecule has 29 heavy (non-hydrogen) atoms. The van der Waals surface area contributed by atoms with Gasteiger partial charge in [0.2, 0.25) is 0 Å². The van der Waals surface area contributed by atoms with E-state index in [1.807, 2.05) is 37.4 Å². The molecule has 0 aliphatic carbocycles. The number of rotatable bonds is 8. The molecule has 1 aromatic heterocycles. The summed E-state index contributed by atoms with van der Waals surface area (Å²) in [5.41, 5.74) is 1.57. The van der Waals surface area contributed by atoms with Crippen LogP contribution >= 0.6 is 11.8 Å². The normalized spacial score (nSPS) is 11.5. The van der Waals surface area contributed by atoms with E-state index in [0.29, 0.717) is 11.4 Å². The molecule has 0 aliphatic rings. The lowest BCUT2D eigenvalue weighted by Gasteiger charge is -2.15. The van der Waals surface area contributed by atoms with Crippen molar-refractivity contribution in [2.75, 3.05) is 18.2 Å². The zero-order valence-electron chi connectivity index (χ0n) is 16.2. The standard InChI is InChI=1S/C22H22N2O4S/c1-15(16-8-10-19(29-2)11-9-16)23-21(25)14-28-18-6-3-5-17(13-18)24-22(26)20-7-4-12-27-20/h3-13,15H,14H2,1-2H3,(H,23,25)(H,24,26). The zero-order valence-corrected chi connectivity index (χ0v) is 17.0. The van der Waals surface area contributed by atoms with Gasteiger partial charge in [0.25, 0.3) is 11.8 Å². The fourth-order valence-corrected chi connectivity index (χ4v) is 3.08. The molecule has 1 unspecified atom stereocenters. The lowest BCUT2D eigenvalue weighted by Crippen LogP contribution is -2.31. The van der Waals surface area contributed by atoms with Crippen LogP contribution < -0.4 is 15.4 Å². The Morgan fingerprint density at radius 3 is 2.59 bits per heavy atom. The van der Waals surface area contributed by atoms with Crippen LogP contribution in [0.4, 0.5) is 5.69 Å². The molecule has 0 saturated heterocycles. The number of benzene rings is 2. The van der Waals surface area contributed by atoms with Gasteiger partial charge in [-0.2, -0.15) is 0 Å². The molecule has 0 aliphatic heterocycles. The lowest BCUT2D eigenvalue weighted by molar-refractivity contribution is -0.123. The van der Waals surface area contributed by atoms with Crippen molar-refractivity contribution in [1.29, 1.82) is 0 Å². The number of thioether (sulfide) groups is 1. The maximum absolute atomic E-state index is 12.2. The van der Waals surface area contributed by atoms with Crippen molar-refractivity contribution in [1.82, 2.24) is 5.32 Å². The summed E-state index contributed by atoms with van der Waals surface area (Å²) in [5.74, 6) is 0.118. The van der Waals surface area contributed by atoms with Crippen molar-refractivity contribution in [3.63, 3.8) is 0 Å². The zero-order chi connectivity index (χ0) is 20.6. The van der Waals surface area contributed by atoms with Gasteiger partial charge in [0.1, 0.15) is 5.75 Å². The van der Waals surface area contributed by atoms with E-state index in [1.54, 1.807) is 48.2 Å². The molecule has 6 nitrogen and oxygen atoms in total. The molecule has 3 aromatic rings. The van der Waals surface area contributed by atoms with Crippen molar-refractivity contribution < 1.29 is 18.7 Å². The van der Waals surface area contributed by atoms with Crippen molar-refractivity contribution in [2.24, 2.45) is 0 Å². The number of anilines is 1. The number of carbonyl (C=O) groups excluding carboxylic acids is 2. The second-order valence-electron chi connectivity index (χ2n) is 6.31. The topological polar surface area (TPSA) is 80.6 Å². The van der Waals surface area contributed by atoms with Gasteiger partial charge in [0, 0.05) is 16.6 Å². The van der Waals surface area contributed by atoms with E-state index >= 15 is 0 Å². The van der Waals surface area contributed by atoms with E-state index in [9.17, 15) is 9.59 Å². The lowest BCUT2D eigenvalue weighted by atomic mass is 10.1. The van der Waals surface area contributed by atoms with Crippen LogP contribution in [0.2, 0.25) is 0 Å². The van der Waals surface area contributed by atoms with Crippen LogP contribution in [0, 0.1) is 0 Å². The maximum atomic E-state index is 12.2. The van der Waals surface area contributed by atoms with Gasteiger partial charge >= 0.3 is 0 Å². The minimum Gasteiger partial charge on any atom is -0.484 e. The molecule has 0 radical (unpaired) electrons. The van der Waals surface area contributed by atoms with Crippen LogP contribution in [0.3, 0.4) is 0 Å². The van der Waals surface area contributed by atoms with Crippen LogP contribution in [-0.2, 0) is 4.79 Å². The largest absolute Gasteiger partial charge is 0.484 e. The van der Waals surface area contributed by atoms with Crippen LogP contribution in [0.25, 0.3) is 0 Å². The molecular formula is C22H22N2O4S. The Hall–Kier alpha value is -3.19. The van der Waals surface area contributed by atoms with Gasteiger partial charge in [-0.15, -0.1) is 11.8 Å². The first-order chi connectivity index (χ1) is 14.0. The number of ether oxygens (including phenoxy) is 1. The highest BCUT2D eigenvalue weighted by Gasteiger charge is 2.12. The van der Waals surface area contributed by atoms with Crippen LogP contribution in [-0.4, -0.2) is 24.7 Å². The highest BCUT2D eigenvalue weighted by atomic mass is 32.2. The van der Waals surface area contributed by atoms with Gasteiger partial charge in [-0.1, -0.05) is 18.2 Å². The highest BCUT2D eigenvalue weighted by Crippen LogP contribution is 2.20. The molecule has 0 fully saturated rings. The minimum absolute atomic E-state index is 0.122. The molecule has 150 valence electrons. The quantitative estimate of drug-likeness (QED) is 0.534. The number of furan rings is 1. The monoisotopic (exact) mass is 410 g/mol. The Morgan fingerprint density at radius 2 is 1.90 bits per heavy atom. The van der Waals surface area contributed by atoms with Gasteiger partial charge in [0.15, 0.2) is 12.4 Å². The second kappa shape index (κ2) is 9.84. The van der Waals surface area contributed by atoms with Crippen molar-refractivity contribution >= 4 is 29.3 Å². The molecule has 3 rings (SSSR count). The molecule has 1 heterocycles. The fraction of sp³-hybridized carbons (Fsp3) is 0.182. The van der Waals surface area contributed by atoms with E-state index in [0.717, 1.165) is 5.56 Å². The maximum Gasteiger partial charge on any atom is 0.291 e. The van der Waals surface area contributed by atoms with Gasteiger partial charge < -0.3 is 19.8 Å². The molecule has 2 N–H and O–H groups in total. The first kappa shape index (κ1) is 20.5. The Kier molecular flexibility index (Phi) is 6.97. The number of amides is 2. The fourth-order valence-electron chi connectivity index (χ4n) is 2.67. The smallest absolute Gasteiger partial charge is 0.291 e. The third-order valence-electron chi connectivity index (χ3n) is 4.20. The van der Waals surface area contributed by atoms with E-state index in [1.165, 1.54) is 11.2 Å². The predicted octanol–water partition coefficient (Wildman–Crippen LogP) is 4.51. The highest BCUT2D eigenvalue weighted by molar-refractivity contribution is 7.98. The van der Waals surface area contributed by atoms with E-state index < -0.39 is 0 Å². The second-order valence-corrected chi connectivity index (χ2v) is 7.19. The van der Waals surface area contributed by atoms with Crippen LogP contribution in [0.5, 0.6) is 5.75 Å². The molecule has 7 heteroatoms. The van der Waals surface area contributed by atoms with Gasteiger partial charge in [0.05, 0.1) is 12.3 Å². The third-order valence-corrected chi connectivity index (χ3v) is 4.94. The Balaban J connectivity index is 1.51. The summed E-state index contributed by atoms with van der Waals surface area (Å²) >= 11 is 1.67. The van der Waals surface area contributed by atoms with Crippen molar-refractivity contribution in [2.45, 2.75) is 17.9 Å². The summed E-state index contributed by atoms with van der Waals surface area (Å²) < 4.78 is 10.6. The molecule has 0 spiro atoms. The summed E-state index contributed by atoms with van der Waals surface area (Å²) in [4.78, 5) is 25.4. The first-order valence-corrected chi connectivity index (χ1v) is 10.3. The third kappa shape index (κ3) is 5.89. The first-order valence-electron chi connectivity index (χ1n) is 9.06. The molecule has 1 atom stereocenters. The Labute approximate surface area is 173 Å². The molecular weight excluding hydrogens is 388 g/mol. The molecule has 2 aromatic carbocycles. The predicted molar refractivity (Wildman–Crippen MR) is 113 cm³/mol. The summed E-state index contributed by atoms with van der Waals surface area (Å²) in [6.07, 6.45) is 3.46. The number of nitrogens with one attached hydrogen (secondary N) is 2. The number of hydrogen-bond acceptors (Lipinski definition) is 5. The van der Waals surface area contributed by atoms with E-state index in [4.69, 9.17) is 9.15 Å². The number of carbonyl (C=O) groups is 2. The average molecular weight is 410 g/mol. The Morgan fingerprint density at radius 1 is 1.10 bits per heavy atom. The van der Waals surface area contributed by atoms with Crippen LogP contribution in [0.15, 0.2) is 76.2 Å². The SMILES string of the molecule is CSc1ccc(C(C)NC(=O)COc2cccc(NC(=O)c3ccco3)c2)cc1. The molecule has 0 bridgehead atoms. The average Bonchev–Trinajstić information content (AvgIpc) is 3.28. The Bertz CT molecular complexity index is 955. The van der Waals surface area contributed by atoms with E-state index in [-0.39, 0.29) is 30.2 Å². The summed E-state index contributed by atoms with van der Waals surface area (Å²) in [6, 6.07) is 18.0. The summed E-state index contributed by atoms with van der Waals surface area (Å²) in [7, 11) is 0. The minimum atomic E-state index is -0.355. The van der Waals surface area contributed by atoms with Gasteiger partial charge in [-0.3, -0.25) is 9.59 Å². The van der Waals surface area contributed by atoms with Gasteiger partial charge in [-0.25, -0.2) is 0 Å². The summed E-state index contributed by atoms with van der Waals surface area (Å²) in [5, 5.41) is 5.64. The van der Waals surface area contributed by atoms with E-state index in [2.05, 4.69) is 10.6 Å². The molecule has 2 amide bonds. The summed E-state index contributed by atoms with van der Waals surface area (Å²) in [6.45, 7) is 1.81. The van der Waals surface area contributed by atoms with Crippen molar-refractivity contribution in [3.8, 4) is 5.75 Å². The van der Waals surface area contributed by atoms with Crippen molar-refractivity contribution in [3.05, 3.63) is 78.3 Å². The van der Waals surface area contributed by atoms with Gasteiger partial charge in [-0.05, 0) is 55.1 Å². The molecule has 0 saturated carbocycles.